The van der Waals surface area contributed by atoms with E-state index in [1.165, 1.54) is 0 Å². The van der Waals surface area contributed by atoms with Crippen molar-refractivity contribution in [3.8, 4) is 0 Å². The maximum absolute atomic E-state index is 12.8. The van der Waals surface area contributed by atoms with Crippen molar-refractivity contribution in [1.82, 2.24) is 14.9 Å². The third kappa shape index (κ3) is 4.46. The number of halogens is 1. The van der Waals surface area contributed by atoms with Gasteiger partial charge in [-0.15, -0.1) is 0 Å². The molecule has 0 saturated carbocycles. The van der Waals surface area contributed by atoms with Crippen molar-refractivity contribution in [2.45, 2.75) is 49.6 Å². The van der Waals surface area contributed by atoms with Crippen LogP contribution in [0.3, 0.4) is 0 Å². The van der Waals surface area contributed by atoms with E-state index >= 15 is 0 Å². The Morgan fingerprint density at radius 3 is 2.64 bits per heavy atom. The van der Waals surface area contributed by atoms with Gasteiger partial charge in [-0.05, 0) is 33.6 Å². The molecule has 0 bridgehead atoms. The summed E-state index contributed by atoms with van der Waals surface area (Å²) in [5, 5.41) is -0.177. The van der Waals surface area contributed by atoms with E-state index in [-0.39, 0.29) is 10.4 Å². The van der Waals surface area contributed by atoms with E-state index in [1.54, 1.807) is 25.7 Å². The number of nitrogens with zero attached hydrogens (tertiary/aromatic N) is 3. The van der Waals surface area contributed by atoms with Gasteiger partial charge in [0.15, 0.2) is 5.82 Å². The lowest BCUT2D eigenvalue weighted by Gasteiger charge is -2.33. The van der Waals surface area contributed by atoms with E-state index in [0.717, 1.165) is 18.8 Å². The fourth-order valence-electron chi connectivity index (χ4n) is 2.16. The van der Waals surface area contributed by atoms with Crippen LogP contribution in [0.1, 0.15) is 33.6 Å². The summed E-state index contributed by atoms with van der Waals surface area (Å²) in [6.07, 6.45) is 3.02. The van der Waals surface area contributed by atoms with Crippen LogP contribution in [0.25, 0.3) is 0 Å². The molecule has 0 spiro atoms. The van der Waals surface area contributed by atoms with Crippen molar-refractivity contribution in [2.24, 2.45) is 0 Å². The third-order valence-corrected chi connectivity index (χ3v) is 4.67. The predicted molar refractivity (Wildman–Crippen MR) is 79.2 cm³/mol. The number of hydrogen-bond acceptors (Lipinski definition) is 5. The van der Waals surface area contributed by atoms with Crippen LogP contribution in [0, 0.1) is 5.82 Å². The number of carbonyl (C=O) groups is 1. The lowest BCUT2D eigenvalue weighted by Crippen LogP contribution is -2.46. The first-order valence-corrected chi connectivity index (χ1v) is 8.33. The molecule has 2 heterocycles. The molecule has 1 aliphatic rings. The van der Waals surface area contributed by atoms with Crippen LogP contribution < -0.4 is 0 Å². The highest BCUT2D eigenvalue weighted by molar-refractivity contribution is 7.85. The van der Waals surface area contributed by atoms with Gasteiger partial charge < -0.3 is 9.64 Å². The molecule has 122 valence electrons. The largest absolute Gasteiger partial charge is 0.444 e. The fourth-order valence-corrected chi connectivity index (χ4v) is 3.47. The Morgan fingerprint density at radius 2 is 2.05 bits per heavy atom. The molecule has 1 saturated heterocycles. The van der Waals surface area contributed by atoms with Crippen LogP contribution in [-0.4, -0.2) is 49.1 Å². The van der Waals surface area contributed by atoms with E-state index in [1.807, 2.05) is 0 Å². The summed E-state index contributed by atoms with van der Waals surface area (Å²) >= 11 is 0. The standard InChI is InChI=1S/C14H20FN3O3S/c1-14(2,3)21-13(19)18-6-4-5-11(9-18)22(20)12-16-7-10(15)8-17-12/h7-8,11H,4-6,9H2,1-3H3/t11-,22-/m0/s1. The number of amides is 1. The van der Waals surface area contributed by atoms with Crippen LogP contribution in [0.4, 0.5) is 9.18 Å². The Bertz CT molecular complexity index is 559. The van der Waals surface area contributed by atoms with Crippen molar-refractivity contribution in [1.29, 1.82) is 0 Å². The molecule has 2 rings (SSSR count). The molecule has 0 radical (unpaired) electrons. The average Bonchev–Trinajstić information content (AvgIpc) is 2.46. The van der Waals surface area contributed by atoms with Crippen molar-refractivity contribution in [2.75, 3.05) is 13.1 Å². The van der Waals surface area contributed by atoms with Crippen LogP contribution in [-0.2, 0) is 15.5 Å². The molecule has 1 amide bonds. The van der Waals surface area contributed by atoms with Gasteiger partial charge in [-0.1, -0.05) is 0 Å². The molecule has 2 atom stereocenters. The Balaban J connectivity index is 2.02. The lowest BCUT2D eigenvalue weighted by molar-refractivity contribution is 0.0219. The zero-order valence-electron chi connectivity index (χ0n) is 12.9. The fraction of sp³-hybridized carbons (Fsp3) is 0.643. The first-order valence-electron chi connectivity index (χ1n) is 7.12. The summed E-state index contributed by atoms with van der Waals surface area (Å²) in [6.45, 7) is 6.31. The van der Waals surface area contributed by atoms with E-state index in [2.05, 4.69) is 9.97 Å². The molecule has 1 aromatic rings. The molecule has 0 aliphatic carbocycles. The molecule has 1 fully saturated rings. The Morgan fingerprint density at radius 1 is 1.41 bits per heavy atom. The summed E-state index contributed by atoms with van der Waals surface area (Å²) in [4.78, 5) is 21.2. The number of carbonyl (C=O) groups excluding carboxylic acids is 1. The Kier molecular flexibility index (Phi) is 5.10. The van der Waals surface area contributed by atoms with E-state index in [0.29, 0.717) is 19.5 Å². The first kappa shape index (κ1) is 16.8. The Hall–Kier alpha value is -1.57. The van der Waals surface area contributed by atoms with Crippen LogP contribution in [0.15, 0.2) is 17.6 Å². The van der Waals surface area contributed by atoms with Gasteiger partial charge >= 0.3 is 6.09 Å². The summed E-state index contributed by atoms with van der Waals surface area (Å²) in [6, 6.07) is 0. The number of piperidine rings is 1. The lowest BCUT2D eigenvalue weighted by atomic mass is 10.1. The maximum Gasteiger partial charge on any atom is 0.410 e. The molecule has 0 unspecified atom stereocenters. The SMILES string of the molecule is CC(C)(C)OC(=O)N1CCC[C@H]([S@](=O)c2ncc(F)cn2)C1. The second-order valence-electron chi connectivity index (χ2n) is 6.17. The highest BCUT2D eigenvalue weighted by atomic mass is 32.2. The summed E-state index contributed by atoms with van der Waals surface area (Å²) in [7, 11) is -1.48. The minimum atomic E-state index is -1.48. The number of rotatable bonds is 2. The molecule has 8 heteroatoms. The third-order valence-electron chi connectivity index (χ3n) is 3.11. The predicted octanol–water partition coefficient (Wildman–Crippen LogP) is 2.12. The minimum Gasteiger partial charge on any atom is -0.444 e. The highest BCUT2D eigenvalue weighted by Crippen LogP contribution is 2.20. The van der Waals surface area contributed by atoms with E-state index in [9.17, 15) is 13.4 Å². The number of ether oxygens (including phenoxy) is 1. The molecular weight excluding hydrogens is 309 g/mol. The van der Waals surface area contributed by atoms with Crippen LogP contribution in [0.5, 0.6) is 0 Å². The van der Waals surface area contributed by atoms with Gasteiger partial charge in [0.05, 0.1) is 28.4 Å². The van der Waals surface area contributed by atoms with E-state index in [4.69, 9.17) is 4.74 Å². The summed E-state index contributed by atoms with van der Waals surface area (Å²) in [5.74, 6) is -0.570. The molecule has 22 heavy (non-hydrogen) atoms. The maximum atomic E-state index is 12.8. The van der Waals surface area contributed by atoms with E-state index < -0.39 is 28.3 Å². The highest BCUT2D eigenvalue weighted by Gasteiger charge is 2.31. The van der Waals surface area contributed by atoms with Gasteiger partial charge in [0.2, 0.25) is 5.16 Å². The number of hydrogen-bond donors (Lipinski definition) is 0. The van der Waals surface area contributed by atoms with Crippen LogP contribution >= 0.6 is 0 Å². The second kappa shape index (κ2) is 6.68. The van der Waals surface area contributed by atoms with Gasteiger partial charge in [-0.3, -0.25) is 4.21 Å². The van der Waals surface area contributed by atoms with Gasteiger partial charge in [0, 0.05) is 13.1 Å². The quantitative estimate of drug-likeness (QED) is 0.777. The van der Waals surface area contributed by atoms with Crippen molar-refractivity contribution in [3.63, 3.8) is 0 Å². The van der Waals surface area contributed by atoms with Gasteiger partial charge in [0.25, 0.3) is 0 Å². The summed E-state index contributed by atoms with van der Waals surface area (Å²) in [5.41, 5.74) is -0.566. The van der Waals surface area contributed by atoms with Crippen molar-refractivity contribution >= 4 is 16.9 Å². The zero-order chi connectivity index (χ0) is 16.3. The number of likely N-dealkylation sites (tertiary alicyclic amines) is 1. The summed E-state index contributed by atoms with van der Waals surface area (Å²) < 4.78 is 30.6. The molecule has 1 aromatic heterocycles. The van der Waals surface area contributed by atoms with Crippen molar-refractivity contribution < 1.29 is 18.1 Å². The minimum absolute atomic E-state index is 0.0949. The molecule has 0 N–H and O–H groups in total. The smallest absolute Gasteiger partial charge is 0.410 e. The van der Waals surface area contributed by atoms with Gasteiger partial charge in [-0.25, -0.2) is 19.2 Å². The molecule has 0 aromatic carbocycles. The zero-order valence-corrected chi connectivity index (χ0v) is 13.7. The molecule has 1 aliphatic heterocycles. The normalized spacial score (nSPS) is 20.5. The monoisotopic (exact) mass is 329 g/mol. The van der Waals surface area contributed by atoms with Gasteiger partial charge in [-0.2, -0.15) is 0 Å². The second-order valence-corrected chi connectivity index (χ2v) is 7.80. The van der Waals surface area contributed by atoms with Crippen molar-refractivity contribution in [3.05, 3.63) is 18.2 Å². The molecular formula is C14H20FN3O3S. The topological polar surface area (TPSA) is 72.4 Å². The first-order chi connectivity index (χ1) is 10.3. The van der Waals surface area contributed by atoms with Gasteiger partial charge in [0.1, 0.15) is 5.60 Å². The Labute approximate surface area is 131 Å². The number of aromatic nitrogens is 2. The molecule has 6 nitrogen and oxygen atoms in total. The average molecular weight is 329 g/mol. The van der Waals surface area contributed by atoms with Crippen LogP contribution in [0.2, 0.25) is 0 Å².